The molecular formula is C19H17N3O4. The van der Waals surface area contributed by atoms with Crippen molar-refractivity contribution in [3.05, 3.63) is 78.0 Å². The van der Waals surface area contributed by atoms with Crippen molar-refractivity contribution in [3.63, 3.8) is 0 Å². The summed E-state index contributed by atoms with van der Waals surface area (Å²) in [5.41, 5.74) is 1.08. The molecule has 0 saturated heterocycles. The first-order chi connectivity index (χ1) is 12.7. The van der Waals surface area contributed by atoms with Crippen molar-refractivity contribution in [2.75, 3.05) is 12.4 Å². The molecule has 3 rings (SSSR count). The van der Waals surface area contributed by atoms with Crippen molar-refractivity contribution in [1.82, 2.24) is 10.3 Å². The van der Waals surface area contributed by atoms with Crippen molar-refractivity contribution in [2.45, 2.75) is 6.54 Å². The van der Waals surface area contributed by atoms with Gasteiger partial charge in [-0.25, -0.2) is 0 Å². The summed E-state index contributed by atoms with van der Waals surface area (Å²) in [5.74, 6) is 0.445. The Bertz CT molecular complexity index is 907. The number of rotatable bonds is 6. The SMILES string of the molecule is COc1ccccc1NC(=O)c1cncc(C(=O)NCc2ccco2)c1. The van der Waals surface area contributed by atoms with Crippen LogP contribution >= 0.6 is 0 Å². The lowest BCUT2D eigenvalue weighted by Crippen LogP contribution is -2.23. The Morgan fingerprint density at radius 3 is 2.58 bits per heavy atom. The van der Waals surface area contributed by atoms with Gasteiger partial charge >= 0.3 is 0 Å². The van der Waals surface area contributed by atoms with E-state index >= 15 is 0 Å². The summed E-state index contributed by atoms with van der Waals surface area (Å²) in [7, 11) is 1.52. The van der Waals surface area contributed by atoms with E-state index in [9.17, 15) is 9.59 Å². The Labute approximate surface area is 150 Å². The molecule has 132 valence electrons. The van der Waals surface area contributed by atoms with Crippen molar-refractivity contribution in [2.24, 2.45) is 0 Å². The molecule has 7 nitrogen and oxygen atoms in total. The second kappa shape index (κ2) is 7.98. The second-order valence-electron chi connectivity index (χ2n) is 5.38. The number of hydrogen-bond donors (Lipinski definition) is 2. The number of benzene rings is 1. The summed E-state index contributed by atoms with van der Waals surface area (Å²) in [6.45, 7) is 0.253. The highest BCUT2D eigenvalue weighted by Crippen LogP contribution is 2.23. The second-order valence-corrected chi connectivity index (χ2v) is 5.38. The highest BCUT2D eigenvalue weighted by Gasteiger charge is 2.13. The minimum Gasteiger partial charge on any atom is -0.495 e. The summed E-state index contributed by atoms with van der Waals surface area (Å²) in [4.78, 5) is 28.7. The Morgan fingerprint density at radius 1 is 1.08 bits per heavy atom. The molecule has 0 unspecified atom stereocenters. The van der Waals surface area contributed by atoms with Crippen LogP contribution in [0.5, 0.6) is 5.75 Å². The molecule has 1 aromatic carbocycles. The number of aromatic nitrogens is 1. The molecule has 2 N–H and O–H groups in total. The number of para-hydroxylation sites is 2. The van der Waals surface area contributed by atoms with Gasteiger partial charge in [-0.05, 0) is 30.3 Å². The number of furan rings is 1. The molecule has 7 heteroatoms. The number of carbonyl (C=O) groups is 2. The number of ether oxygens (including phenoxy) is 1. The van der Waals surface area contributed by atoms with Gasteiger partial charge in [-0.2, -0.15) is 0 Å². The molecule has 3 aromatic rings. The number of nitrogens with zero attached hydrogens (tertiary/aromatic N) is 1. The van der Waals surface area contributed by atoms with E-state index in [1.54, 1.807) is 36.4 Å². The number of pyridine rings is 1. The first-order valence-corrected chi connectivity index (χ1v) is 7.87. The van der Waals surface area contributed by atoms with E-state index in [0.29, 0.717) is 17.2 Å². The zero-order valence-electron chi connectivity index (χ0n) is 14.1. The van der Waals surface area contributed by atoms with Crippen molar-refractivity contribution in [1.29, 1.82) is 0 Å². The van der Waals surface area contributed by atoms with E-state index in [0.717, 1.165) is 0 Å². The molecule has 0 aliphatic heterocycles. The zero-order chi connectivity index (χ0) is 18.4. The van der Waals surface area contributed by atoms with Gasteiger partial charge in [0.25, 0.3) is 11.8 Å². The summed E-state index contributed by atoms with van der Waals surface area (Å²) in [6, 6.07) is 12.0. The molecule has 0 aliphatic rings. The topological polar surface area (TPSA) is 93.5 Å². The minimum atomic E-state index is -0.386. The molecule has 2 heterocycles. The fraction of sp³-hybridized carbons (Fsp3) is 0.105. The number of amides is 2. The minimum absolute atomic E-state index is 0.253. The first kappa shape index (κ1) is 17.2. The van der Waals surface area contributed by atoms with E-state index in [2.05, 4.69) is 15.6 Å². The fourth-order valence-electron chi connectivity index (χ4n) is 2.31. The molecule has 26 heavy (non-hydrogen) atoms. The van der Waals surface area contributed by atoms with Crippen LogP contribution in [0.1, 0.15) is 26.5 Å². The van der Waals surface area contributed by atoms with Crippen LogP contribution in [0.15, 0.2) is 65.5 Å². The van der Waals surface area contributed by atoms with Gasteiger partial charge in [-0.3, -0.25) is 14.6 Å². The van der Waals surface area contributed by atoms with E-state index in [-0.39, 0.29) is 29.5 Å². The van der Waals surface area contributed by atoms with Crippen LogP contribution < -0.4 is 15.4 Å². The van der Waals surface area contributed by atoms with Crippen LogP contribution in [0.3, 0.4) is 0 Å². The number of methoxy groups -OCH3 is 1. The lowest BCUT2D eigenvalue weighted by molar-refractivity contribution is 0.0947. The van der Waals surface area contributed by atoms with Crippen LogP contribution in [-0.2, 0) is 6.54 Å². The van der Waals surface area contributed by atoms with Crippen molar-refractivity contribution < 1.29 is 18.7 Å². The third kappa shape index (κ3) is 4.07. The average molecular weight is 351 g/mol. The molecule has 0 saturated carbocycles. The van der Waals surface area contributed by atoms with Crippen LogP contribution in [0.25, 0.3) is 0 Å². The van der Waals surface area contributed by atoms with Gasteiger partial charge in [-0.15, -0.1) is 0 Å². The zero-order valence-corrected chi connectivity index (χ0v) is 14.1. The molecular weight excluding hydrogens is 334 g/mol. The van der Waals surface area contributed by atoms with Gasteiger partial charge in [0.1, 0.15) is 11.5 Å². The van der Waals surface area contributed by atoms with Gasteiger partial charge < -0.3 is 19.8 Å². The molecule has 0 aliphatic carbocycles. The number of hydrogen-bond acceptors (Lipinski definition) is 5. The maximum Gasteiger partial charge on any atom is 0.257 e. The smallest absolute Gasteiger partial charge is 0.257 e. The highest BCUT2D eigenvalue weighted by atomic mass is 16.5. The lowest BCUT2D eigenvalue weighted by Gasteiger charge is -2.10. The highest BCUT2D eigenvalue weighted by molar-refractivity contribution is 6.06. The van der Waals surface area contributed by atoms with Crippen molar-refractivity contribution in [3.8, 4) is 5.75 Å². The van der Waals surface area contributed by atoms with E-state index in [1.807, 2.05) is 0 Å². The van der Waals surface area contributed by atoms with Crippen LogP contribution in [0.4, 0.5) is 5.69 Å². The van der Waals surface area contributed by atoms with Crippen LogP contribution in [0, 0.1) is 0 Å². The largest absolute Gasteiger partial charge is 0.495 e. The van der Waals surface area contributed by atoms with E-state index in [1.165, 1.54) is 31.8 Å². The van der Waals surface area contributed by atoms with Gasteiger partial charge in [0.05, 0.1) is 36.7 Å². The summed E-state index contributed by atoms with van der Waals surface area (Å²) in [5, 5.41) is 5.46. The molecule has 0 bridgehead atoms. The fourth-order valence-corrected chi connectivity index (χ4v) is 2.31. The van der Waals surface area contributed by atoms with Gasteiger partial charge in [-0.1, -0.05) is 12.1 Å². The number of carbonyl (C=O) groups excluding carboxylic acids is 2. The molecule has 0 fully saturated rings. The van der Waals surface area contributed by atoms with Crippen LogP contribution in [-0.4, -0.2) is 23.9 Å². The lowest BCUT2D eigenvalue weighted by atomic mass is 10.1. The van der Waals surface area contributed by atoms with Gasteiger partial charge in [0, 0.05) is 12.4 Å². The normalized spacial score (nSPS) is 10.2. The first-order valence-electron chi connectivity index (χ1n) is 7.87. The Kier molecular flexibility index (Phi) is 5.28. The third-order valence-corrected chi connectivity index (χ3v) is 3.62. The third-order valence-electron chi connectivity index (χ3n) is 3.62. The Morgan fingerprint density at radius 2 is 1.85 bits per heavy atom. The standard InChI is InChI=1S/C19H17N3O4/c1-25-17-7-3-2-6-16(17)22-19(24)14-9-13(10-20-11-14)18(23)21-12-15-5-4-8-26-15/h2-11H,12H2,1H3,(H,21,23)(H,22,24). The Balaban J connectivity index is 1.69. The summed E-state index contributed by atoms with van der Waals surface area (Å²) >= 11 is 0. The number of nitrogens with one attached hydrogen (secondary N) is 2. The van der Waals surface area contributed by atoms with E-state index in [4.69, 9.17) is 9.15 Å². The summed E-state index contributed by atoms with van der Waals surface area (Å²) in [6.07, 6.45) is 4.33. The predicted molar refractivity (Wildman–Crippen MR) is 95.1 cm³/mol. The average Bonchev–Trinajstić information content (AvgIpc) is 3.20. The molecule has 0 radical (unpaired) electrons. The predicted octanol–water partition coefficient (Wildman–Crippen LogP) is 2.87. The maximum absolute atomic E-state index is 12.4. The van der Waals surface area contributed by atoms with Gasteiger partial charge in [0.15, 0.2) is 0 Å². The molecule has 0 atom stereocenters. The monoisotopic (exact) mass is 351 g/mol. The number of anilines is 1. The van der Waals surface area contributed by atoms with Crippen LogP contribution in [0.2, 0.25) is 0 Å². The molecule has 0 spiro atoms. The van der Waals surface area contributed by atoms with Crippen molar-refractivity contribution >= 4 is 17.5 Å². The maximum atomic E-state index is 12.4. The van der Waals surface area contributed by atoms with E-state index < -0.39 is 0 Å². The van der Waals surface area contributed by atoms with Gasteiger partial charge in [0.2, 0.25) is 0 Å². The quantitative estimate of drug-likeness (QED) is 0.712. The Hall–Kier alpha value is -3.61. The molecule has 2 aromatic heterocycles. The molecule has 2 amide bonds. The summed E-state index contributed by atoms with van der Waals surface area (Å²) < 4.78 is 10.4.